The van der Waals surface area contributed by atoms with Crippen LogP contribution in [0.4, 0.5) is 17.1 Å². The lowest BCUT2D eigenvalue weighted by molar-refractivity contribution is 0.0809. The van der Waals surface area contributed by atoms with E-state index in [0.717, 1.165) is 42.9 Å². The van der Waals surface area contributed by atoms with E-state index in [1.54, 1.807) is 54.5 Å². The third kappa shape index (κ3) is 7.39. The summed E-state index contributed by atoms with van der Waals surface area (Å²) >= 11 is 0. The molecule has 13 heteroatoms. The molecule has 56 heavy (non-hydrogen) atoms. The lowest BCUT2D eigenvalue weighted by Gasteiger charge is -2.34. The number of anilines is 1. The van der Waals surface area contributed by atoms with Gasteiger partial charge in [-0.15, -0.1) is 0 Å². The zero-order valence-electron chi connectivity index (χ0n) is 32.0. The zero-order chi connectivity index (χ0) is 38.8. The highest BCUT2D eigenvalue weighted by molar-refractivity contribution is 6.06. The van der Waals surface area contributed by atoms with Gasteiger partial charge in [-0.25, -0.2) is 0 Å². The number of amides is 2. The lowest BCUT2D eigenvalue weighted by atomic mass is 10.0. The molecule has 2 N–H and O–H groups in total. The molecule has 0 spiro atoms. The molecular weight excluding hydrogens is 711 g/mol. The summed E-state index contributed by atoms with van der Waals surface area (Å²) in [7, 11) is 5.26. The molecule has 1 fully saturated rings. The Morgan fingerprint density at radius 2 is 1.32 bits per heavy atom. The van der Waals surface area contributed by atoms with Crippen LogP contribution in [0.25, 0.3) is 5.57 Å². The summed E-state index contributed by atoms with van der Waals surface area (Å²) < 4.78 is 23.5. The molecule has 0 aromatic heterocycles. The van der Waals surface area contributed by atoms with Gasteiger partial charge in [-0.05, 0) is 54.4 Å². The Morgan fingerprint density at radius 1 is 0.750 bits per heavy atom. The number of piperazine rings is 1. The number of fused-ring (bicyclic) bond motifs is 4. The van der Waals surface area contributed by atoms with E-state index in [1.165, 1.54) is 5.69 Å². The Hall–Kier alpha value is -5.92. The van der Waals surface area contributed by atoms with E-state index in [-0.39, 0.29) is 23.9 Å². The van der Waals surface area contributed by atoms with Gasteiger partial charge in [0.05, 0.1) is 62.0 Å². The quantitative estimate of drug-likeness (QED) is 0.234. The van der Waals surface area contributed by atoms with Crippen molar-refractivity contribution in [1.29, 1.82) is 0 Å². The number of ether oxygens (including phenoxy) is 4. The molecule has 3 aromatic rings. The summed E-state index contributed by atoms with van der Waals surface area (Å²) in [5, 5.41) is 0. The van der Waals surface area contributed by atoms with Crippen molar-refractivity contribution in [3.63, 3.8) is 0 Å². The molecule has 0 bridgehead atoms. The molecule has 0 unspecified atom stereocenters. The molecule has 13 nitrogen and oxygen atoms in total. The Morgan fingerprint density at radius 3 is 1.89 bits per heavy atom. The van der Waals surface area contributed by atoms with Gasteiger partial charge in [0, 0.05) is 88.2 Å². The van der Waals surface area contributed by atoms with Gasteiger partial charge in [0.15, 0.2) is 23.0 Å². The SMILES string of the molecule is COc1cc2c(cc1OCCCOc1cc3c(cc1OC)C(=O)N1C=C(c4ccc(N5CCN(C)CC5)cc4)C[C@H]1C=N3)N=C[C@@H]1CC(/C=C/CN)=CN1C2=O. The summed E-state index contributed by atoms with van der Waals surface area (Å²) in [5.74, 6) is 1.57. The highest BCUT2D eigenvalue weighted by atomic mass is 16.5. The Bertz CT molecular complexity index is 2150. The van der Waals surface area contributed by atoms with Crippen LogP contribution in [0.1, 0.15) is 45.5 Å². The van der Waals surface area contributed by atoms with Crippen molar-refractivity contribution in [3.8, 4) is 23.0 Å². The van der Waals surface area contributed by atoms with Crippen LogP contribution in [-0.4, -0.2) is 118 Å². The van der Waals surface area contributed by atoms with Crippen LogP contribution in [-0.2, 0) is 0 Å². The van der Waals surface area contributed by atoms with E-state index in [1.807, 2.05) is 30.8 Å². The maximum Gasteiger partial charge on any atom is 0.260 e. The molecule has 1 saturated heterocycles. The number of aliphatic imine (C=N–C) groups is 2. The summed E-state index contributed by atoms with van der Waals surface area (Å²) in [6.45, 7) is 5.22. The lowest BCUT2D eigenvalue weighted by Crippen LogP contribution is -2.44. The maximum absolute atomic E-state index is 13.9. The van der Waals surface area contributed by atoms with Crippen molar-refractivity contribution in [2.24, 2.45) is 15.7 Å². The number of likely N-dealkylation sites (N-methyl/N-ethyl adjacent to an activating group) is 1. The number of rotatable bonds is 12. The first-order valence-electron chi connectivity index (χ1n) is 19.1. The predicted molar refractivity (Wildman–Crippen MR) is 217 cm³/mol. The number of methoxy groups -OCH3 is 2. The van der Waals surface area contributed by atoms with E-state index < -0.39 is 0 Å². The van der Waals surface area contributed by atoms with E-state index in [9.17, 15) is 9.59 Å². The standard InChI is InChI=1S/C43H47N7O6/c1-47-12-14-48(15-13-47)31-9-7-29(8-10-31)30-19-33-25-46-37-23-41(39(54-3)21-35(37)43(52)50(33)27-30)56-17-5-16-55-40-22-36-34(20-38(40)53-2)42(51)49-26-28(6-4-11-44)18-32(49)24-45-36/h4,6-10,20-27,32-33H,5,11-19,44H2,1-3H3/b6-4+/t32-,33-/m0/s1. The molecule has 0 saturated carbocycles. The molecule has 5 heterocycles. The third-order valence-corrected chi connectivity index (χ3v) is 10.8. The minimum atomic E-state index is -0.186. The van der Waals surface area contributed by atoms with Crippen LogP contribution in [0.3, 0.4) is 0 Å². The summed E-state index contributed by atoms with van der Waals surface area (Å²) in [6.07, 6.45) is 13.2. The average molecular weight is 758 g/mol. The number of nitrogens with two attached hydrogens (primary N) is 1. The topological polar surface area (TPSA) is 135 Å². The minimum absolute atomic E-state index is 0.133. The van der Waals surface area contributed by atoms with Crippen LogP contribution in [0.5, 0.6) is 23.0 Å². The number of carbonyl (C=O) groups is 2. The van der Waals surface area contributed by atoms with Crippen LogP contribution < -0.4 is 29.6 Å². The molecule has 2 amide bonds. The van der Waals surface area contributed by atoms with Gasteiger partial charge < -0.3 is 44.3 Å². The molecule has 5 aliphatic heterocycles. The monoisotopic (exact) mass is 757 g/mol. The van der Waals surface area contributed by atoms with Crippen LogP contribution in [0, 0.1) is 0 Å². The predicted octanol–water partition coefficient (Wildman–Crippen LogP) is 5.60. The van der Waals surface area contributed by atoms with Crippen molar-refractivity contribution >= 4 is 46.9 Å². The van der Waals surface area contributed by atoms with E-state index in [2.05, 4.69) is 46.1 Å². The number of hydrogen-bond acceptors (Lipinski definition) is 11. The van der Waals surface area contributed by atoms with Crippen LogP contribution in [0.15, 0.2) is 88.6 Å². The van der Waals surface area contributed by atoms with Gasteiger partial charge >= 0.3 is 0 Å². The maximum atomic E-state index is 13.9. The normalized spacial score (nSPS) is 20.2. The molecule has 0 aliphatic carbocycles. The zero-order valence-corrected chi connectivity index (χ0v) is 32.0. The molecule has 2 atom stereocenters. The summed E-state index contributed by atoms with van der Waals surface area (Å²) in [6, 6.07) is 15.2. The molecule has 8 rings (SSSR count). The molecular formula is C43H47N7O6. The first-order chi connectivity index (χ1) is 27.3. The average Bonchev–Trinajstić information content (AvgIpc) is 3.79. The van der Waals surface area contributed by atoms with Gasteiger partial charge in [-0.2, -0.15) is 0 Å². The van der Waals surface area contributed by atoms with Crippen molar-refractivity contribution in [2.45, 2.75) is 31.3 Å². The van der Waals surface area contributed by atoms with Crippen molar-refractivity contribution in [1.82, 2.24) is 14.7 Å². The minimum Gasteiger partial charge on any atom is -0.493 e. The van der Waals surface area contributed by atoms with Gasteiger partial charge in [-0.1, -0.05) is 24.3 Å². The second-order valence-corrected chi connectivity index (χ2v) is 14.4. The number of carbonyl (C=O) groups excluding carboxylic acids is 2. The molecule has 5 aliphatic rings. The number of benzene rings is 3. The Labute approximate surface area is 327 Å². The van der Waals surface area contributed by atoms with E-state index >= 15 is 0 Å². The van der Waals surface area contributed by atoms with Crippen LogP contribution in [0.2, 0.25) is 0 Å². The van der Waals surface area contributed by atoms with E-state index in [0.29, 0.717) is 84.5 Å². The molecule has 0 radical (unpaired) electrons. The molecule has 3 aromatic carbocycles. The van der Waals surface area contributed by atoms with Crippen molar-refractivity contribution < 1.29 is 28.5 Å². The number of hydrogen-bond donors (Lipinski definition) is 1. The first kappa shape index (κ1) is 37.0. The highest BCUT2D eigenvalue weighted by Crippen LogP contribution is 2.41. The summed E-state index contributed by atoms with van der Waals surface area (Å²) in [4.78, 5) is 45.0. The first-order valence-corrected chi connectivity index (χ1v) is 19.1. The number of allylic oxidation sites excluding steroid dienone is 1. The van der Waals surface area contributed by atoms with Crippen molar-refractivity contribution in [3.05, 3.63) is 95.3 Å². The van der Waals surface area contributed by atoms with Gasteiger partial charge in [0.1, 0.15) is 0 Å². The number of nitrogens with zero attached hydrogens (tertiary/aromatic N) is 6. The Balaban J connectivity index is 0.892. The largest absolute Gasteiger partial charge is 0.493 e. The van der Waals surface area contributed by atoms with Gasteiger partial charge in [-0.3, -0.25) is 19.6 Å². The van der Waals surface area contributed by atoms with Gasteiger partial charge in [0.2, 0.25) is 0 Å². The summed E-state index contributed by atoms with van der Waals surface area (Å²) in [5.41, 5.74) is 12.0. The second kappa shape index (κ2) is 16.0. The fourth-order valence-electron chi connectivity index (χ4n) is 7.68. The third-order valence-electron chi connectivity index (χ3n) is 10.8. The fourth-order valence-corrected chi connectivity index (χ4v) is 7.68. The van der Waals surface area contributed by atoms with Crippen LogP contribution >= 0.6 is 0 Å². The Kier molecular flexibility index (Phi) is 10.6. The van der Waals surface area contributed by atoms with Gasteiger partial charge in [0.25, 0.3) is 11.8 Å². The fraction of sp³-hybridized carbons (Fsp3) is 0.349. The smallest absolute Gasteiger partial charge is 0.260 e. The van der Waals surface area contributed by atoms with E-state index in [4.69, 9.17) is 29.7 Å². The molecule has 290 valence electrons. The highest BCUT2D eigenvalue weighted by Gasteiger charge is 2.34. The second-order valence-electron chi connectivity index (χ2n) is 14.4. The van der Waals surface area contributed by atoms with Crippen molar-refractivity contribution in [2.75, 3.05) is 72.1 Å².